The van der Waals surface area contributed by atoms with Crippen LogP contribution in [0.1, 0.15) is 45.9 Å². The van der Waals surface area contributed by atoms with Gasteiger partial charge in [-0.3, -0.25) is 0 Å². The van der Waals surface area contributed by atoms with E-state index in [0.717, 1.165) is 31.0 Å². The van der Waals surface area contributed by atoms with Gasteiger partial charge in [-0.15, -0.1) is 0 Å². The van der Waals surface area contributed by atoms with Crippen molar-refractivity contribution in [2.24, 2.45) is 11.8 Å². The van der Waals surface area contributed by atoms with Gasteiger partial charge in [-0.05, 0) is 31.1 Å². The van der Waals surface area contributed by atoms with Crippen LogP contribution in [0.3, 0.4) is 0 Å². The molecule has 2 rings (SSSR count). The number of hydrogen-bond donors (Lipinski definition) is 0. The zero-order valence-corrected chi connectivity index (χ0v) is 12.1. The first-order valence-electron chi connectivity index (χ1n) is 6.78. The molecule has 0 spiro atoms. The highest BCUT2D eigenvalue weighted by Gasteiger charge is 2.26. The van der Waals surface area contributed by atoms with Crippen LogP contribution in [0, 0.1) is 11.8 Å². The highest BCUT2D eigenvalue weighted by atomic mass is 35.5. The Morgan fingerprint density at radius 2 is 2.06 bits per heavy atom. The fourth-order valence-electron chi connectivity index (χ4n) is 2.44. The average molecular weight is 269 g/mol. The minimum atomic E-state index is 0.270. The molecule has 0 aliphatic heterocycles. The van der Waals surface area contributed by atoms with E-state index in [1.54, 1.807) is 6.07 Å². The number of nitrogens with zero attached hydrogens (tertiary/aromatic N) is 2. The first kappa shape index (κ1) is 13.6. The molecular weight excluding hydrogens is 248 g/mol. The molecule has 0 N–H and O–H groups in total. The van der Waals surface area contributed by atoms with Gasteiger partial charge >= 0.3 is 0 Å². The zero-order chi connectivity index (χ0) is 13.1. The molecule has 1 aliphatic carbocycles. The molecule has 1 aromatic rings. The lowest BCUT2D eigenvalue weighted by molar-refractivity contribution is 0.0961. The van der Waals surface area contributed by atoms with E-state index in [-0.39, 0.29) is 6.10 Å². The molecule has 1 aliphatic rings. The van der Waals surface area contributed by atoms with Crippen molar-refractivity contribution in [2.75, 3.05) is 0 Å². The molecule has 0 amide bonds. The van der Waals surface area contributed by atoms with E-state index in [1.807, 2.05) is 6.92 Å². The Labute approximate surface area is 114 Å². The van der Waals surface area contributed by atoms with Crippen LogP contribution in [0.2, 0.25) is 5.15 Å². The van der Waals surface area contributed by atoms with Gasteiger partial charge in [0.1, 0.15) is 17.1 Å². The van der Waals surface area contributed by atoms with E-state index < -0.39 is 0 Å². The van der Waals surface area contributed by atoms with Crippen LogP contribution in [0.4, 0.5) is 0 Å². The number of ether oxygens (including phenoxy) is 1. The Kier molecular flexibility index (Phi) is 4.44. The van der Waals surface area contributed by atoms with Gasteiger partial charge in [-0.1, -0.05) is 32.4 Å². The molecule has 1 aromatic heterocycles. The van der Waals surface area contributed by atoms with Crippen LogP contribution >= 0.6 is 11.6 Å². The van der Waals surface area contributed by atoms with Crippen molar-refractivity contribution in [1.29, 1.82) is 0 Å². The predicted molar refractivity (Wildman–Crippen MR) is 73.0 cm³/mol. The standard InChI is InChI=1S/C14H21ClN2O/c1-4-13-16-12(15)8-14(17-13)18-11-6-5-9(2)10(3)7-11/h8-11H,4-7H2,1-3H3. The Hall–Kier alpha value is -0.830. The summed E-state index contributed by atoms with van der Waals surface area (Å²) in [6.45, 7) is 6.63. The number of rotatable bonds is 3. The van der Waals surface area contributed by atoms with Crippen molar-refractivity contribution in [3.05, 3.63) is 17.0 Å². The van der Waals surface area contributed by atoms with Crippen molar-refractivity contribution in [3.8, 4) is 5.88 Å². The normalized spacial score (nSPS) is 28.1. The van der Waals surface area contributed by atoms with E-state index in [2.05, 4.69) is 23.8 Å². The third-order valence-corrected chi connectivity index (χ3v) is 4.07. The predicted octanol–water partition coefficient (Wildman–Crippen LogP) is 3.90. The summed E-state index contributed by atoms with van der Waals surface area (Å²) in [7, 11) is 0. The van der Waals surface area contributed by atoms with Crippen LogP contribution in [-0.2, 0) is 6.42 Å². The Balaban J connectivity index is 2.03. The minimum absolute atomic E-state index is 0.270. The first-order chi connectivity index (χ1) is 8.58. The lowest BCUT2D eigenvalue weighted by Crippen LogP contribution is -2.29. The number of halogens is 1. The number of aromatic nitrogens is 2. The topological polar surface area (TPSA) is 35.0 Å². The lowest BCUT2D eigenvalue weighted by atomic mass is 9.80. The lowest BCUT2D eigenvalue weighted by Gasteiger charge is -2.31. The zero-order valence-electron chi connectivity index (χ0n) is 11.3. The highest BCUT2D eigenvalue weighted by molar-refractivity contribution is 6.29. The van der Waals surface area contributed by atoms with E-state index in [0.29, 0.717) is 17.0 Å². The fourth-order valence-corrected chi connectivity index (χ4v) is 2.63. The average Bonchev–Trinajstić information content (AvgIpc) is 2.33. The van der Waals surface area contributed by atoms with Crippen LogP contribution in [0.25, 0.3) is 0 Å². The third kappa shape index (κ3) is 3.35. The first-order valence-corrected chi connectivity index (χ1v) is 7.16. The van der Waals surface area contributed by atoms with Crippen LogP contribution in [0.5, 0.6) is 5.88 Å². The summed E-state index contributed by atoms with van der Waals surface area (Å²) in [6.07, 6.45) is 4.48. The maximum Gasteiger partial charge on any atom is 0.218 e. The molecule has 0 aromatic carbocycles. The van der Waals surface area contributed by atoms with Gasteiger partial charge in [0.15, 0.2) is 0 Å². The minimum Gasteiger partial charge on any atom is -0.474 e. The van der Waals surface area contributed by atoms with E-state index in [9.17, 15) is 0 Å². The summed E-state index contributed by atoms with van der Waals surface area (Å²) in [4.78, 5) is 8.52. The third-order valence-electron chi connectivity index (χ3n) is 3.87. The Bertz CT molecular complexity index is 411. The second-order valence-electron chi connectivity index (χ2n) is 5.31. The number of aryl methyl sites for hydroxylation is 1. The highest BCUT2D eigenvalue weighted by Crippen LogP contribution is 2.31. The van der Waals surface area contributed by atoms with Crippen molar-refractivity contribution >= 4 is 11.6 Å². The van der Waals surface area contributed by atoms with E-state index >= 15 is 0 Å². The summed E-state index contributed by atoms with van der Waals surface area (Å²) in [5.41, 5.74) is 0. The molecule has 0 bridgehead atoms. The van der Waals surface area contributed by atoms with Crippen LogP contribution < -0.4 is 4.74 Å². The van der Waals surface area contributed by atoms with Gasteiger partial charge in [0.05, 0.1) is 0 Å². The van der Waals surface area contributed by atoms with Crippen LogP contribution in [-0.4, -0.2) is 16.1 Å². The van der Waals surface area contributed by atoms with Crippen molar-refractivity contribution in [3.63, 3.8) is 0 Å². The largest absolute Gasteiger partial charge is 0.474 e. The Morgan fingerprint density at radius 3 is 2.72 bits per heavy atom. The maximum atomic E-state index is 5.97. The second-order valence-corrected chi connectivity index (χ2v) is 5.69. The fraction of sp³-hybridized carbons (Fsp3) is 0.714. The van der Waals surface area contributed by atoms with Gasteiger partial charge in [0.25, 0.3) is 0 Å². The molecule has 100 valence electrons. The van der Waals surface area contributed by atoms with Gasteiger partial charge in [-0.25, -0.2) is 4.98 Å². The van der Waals surface area contributed by atoms with Gasteiger partial charge in [0.2, 0.25) is 5.88 Å². The molecule has 18 heavy (non-hydrogen) atoms. The molecule has 3 atom stereocenters. The molecule has 1 saturated carbocycles. The second kappa shape index (κ2) is 5.87. The van der Waals surface area contributed by atoms with Gasteiger partial charge < -0.3 is 4.74 Å². The summed E-state index contributed by atoms with van der Waals surface area (Å²) in [5, 5.41) is 0.467. The monoisotopic (exact) mass is 268 g/mol. The summed E-state index contributed by atoms with van der Waals surface area (Å²) < 4.78 is 5.96. The SMILES string of the molecule is CCc1nc(Cl)cc(OC2CCC(C)C(C)C2)n1. The quantitative estimate of drug-likeness (QED) is 0.780. The molecule has 0 radical (unpaired) electrons. The molecule has 1 heterocycles. The van der Waals surface area contributed by atoms with E-state index in [1.165, 1.54) is 6.42 Å². The van der Waals surface area contributed by atoms with Crippen LogP contribution in [0.15, 0.2) is 6.07 Å². The summed E-state index contributed by atoms with van der Waals surface area (Å²) >= 11 is 5.97. The molecule has 0 saturated heterocycles. The van der Waals surface area contributed by atoms with Crippen molar-refractivity contribution in [2.45, 2.75) is 52.6 Å². The summed E-state index contributed by atoms with van der Waals surface area (Å²) in [5.74, 6) is 2.88. The number of hydrogen-bond acceptors (Lipinski definition) is 3. The maximum absolute atomic E-state index is 5.97. The van der Waals surface area contributed by atoms with Gasteiger partial charge in [-0.2, -0.15) is 4.98 Å². The molecule has 3 unspecified atom stereocenters. The molecule has 1 fully saturated rings. The van der Waals surface area contributed by atoms with Crippen molar-refractivity contribution in [1.82, 2.24) is 9.97 Å². The smallest absolute Gasteiger partial charge is 0.218 e. The Morgan fingerprint density at radius 1 is 1.28 bits per heavy atom. The van der Waals surface area contributed by atoms with E-state index in [4.69, 9.17) is 16.3 Å². The molecule has 4 heteroatoms. The molecular formula is C14H21ClN2O. The van der Waals surface area contributed by atoms with Crippen molar-refractivity contribution < 1.29 is 4.74 Å². The molecule has 3 nitrogen and oxygen atoms in total. The summed E-state index contributed by atoms with van der Waals surface area (Å²) in [6, 6.07) is 1.71. The van der Waals surface area contributed by atoms with Gasteiger partial charge in [0, 0.05) is 12.5 Å².